The maximum absolute atomic E-state index is 8.06. The fourth-order valence-corrected chi connectivity index (χ4v) is 14.4. The Morgan fingerprint density at radius 3 is 0.473 bits per heavy atom. The zero-order valence-electron chi connectivity index (χ0n) is 65.6. The average Bonchev–Trinajstić information content (AvgIpc) is 0.853. The Balaban J connectivity index is 6.70. The van der Waals surface area contributed by atoms with Crippen molar-refractivity contribution in [3.8, 4) is 0 Å². The zero-order chi connectivity index (χ0) is 67.1. The van der Waals surface area contributed by atoms with Crippen molar-refractivity contribution in [2.24, 2.45) is 0 Å². The maximum atomic E-state index is 8.06. The molecule has 0 spiro atoms. The van der Waals surface area contributed by atoms with E-state index in [2.05, 4.69) is 41.5 Å². The first-order valence-corrected chi connectivity index (χ1v) is 44.2. The zero-order valence-corrected chi connectivity index (χ0v) is 65.6. The quantitative estimate of drug-likeness (QED) is 0.0449. The van der Waals surface area contributed by atoms with Crippen LogP contribution in [0.2, 0.25) is 0 Å². The van der Waals surface area contributed by atoms with Gasteiger partial charge in [-0.15, -0.1) is 0 Å². The van der Waals surface area contributed by atoms with E-state index in [1.807, 2.05) is 0 Å². The van der Waals surface area contributed by atoms with Crippen LogP contribution < -0.4 is 0 Å². The monoisotopic (exact) mass is 1320 g/mol. The molecule has 5 nitrogen and oxygen atoms in total. The minimum atomic E-state index is -0.739. The predicted octanol–water partition coefficient (Wildman–Crippen LogP) is 31.4. The van der Waals surface area contributed by atoms with Crippen LogP contribution in [0.1, 0.15) is 517 Å². The number of unbranched alkanes of at least 4 members (excludes halogenated alkanes) is 64. The molecular weight excluding hydrogens is 1140 g/mol. The van der Waals surface area contributed by atoms with Gasteiger partial charge in [0.25, 0.3) is 0 Å². The topological polar surface area (TPSA) is 46.2 Å². The summed E-state index contributed by atoms with van der Waals surface area (Å²) in [6.07, 6.45) is 98.3. The molecule has 0 rings (SSSR count). The lowest BCUT2D eigenvalue weighted by atomic mass is 9.98. The molecule has 0 aromatic rings. The van der Waals surface area contributed by atoms with Crippen LogP contribution in [0.3, 0.4) is 0 Å². The molecule has 560 valence electrons. The van der Waals surface area contributed by atoms with Gasteiger partial charge in [-0.3, -0.25) is 0 Å². The molecule has 0 saturated carbocycles. The van der Waals surface area contributed by atoms with Crippen molar-refractivity contribution in [2.75, 3.05) is 39.6 Å². The summed E-state index contributed by atoms with van der Waals surface area (Å²) >= 11 is 0. The fourth-order valence-electron chi connectivity index (χ4n) is 14.4. The van der Waals surface area contributed by atoms with Gasteiger partial charge >= 0.3 is 0 Å². The first kappa shape index (κ1) is 92.8. The third-order valence-corrected chi connectivity index (χ3v) is 21.0. The van der Waals surface area contributed by atoms with Crippen LogP contribution in [0.25, 0.3) is 0 Å². The highest BCUT2D eigenvalue weighted by atomic mass is 16.8. The van der Waals surface area contributed by atoms with Crippen molar-refractivity contribution < 1.29 is 23.7 Å². The lowest BCUT2D eigenvalue weighted by molar-refractivity contribution is -0.372. The van der Waals surface area contributed by atoms with Gasteiger partial charge in [-0.1, -0.05) is 452 Å². The van der Waals surface area contributed by atoms with Crippen LogP contribution in [0.15, 0.2) is 0 Å². The molecule has 0 aromatic heterocycles. The number of hydrogen-bond acceptors (Lipinski definition) is 5. The molecule has 93 heavy (non-hydrogen) atoms. The summed E-state index contributed by atoms with van der Waals surface area (Å²) in [5.41, 5.74) is 0. The van der Waals surface area contributed by atoms with Gasteiger partial charge in [-0.25, -0.2) is 0 Å². The molecule has 0 aliphatic heterocycles. The van der Waals surface area contributed by atoms with Crippen molar-refractivity contribution >= 4 is 0 Å². The Bertz CT molecular complexity index is 1210. The van der Waals surface area contributed by atoms with Crippen LogP contribution in [-0.4, -0.2) is 51.2 Å². The first-order chi connectivity index (χ1) is 46.1. The van der Waals surface area contributed by atoms with E-state index in [9.17, 15) is 0 Å². The molecular formula is C88H178O5. The highest BCUT2D eigenvalue weighted by Crippen LogP contribution is 2.38. The lowest BCUT2D eigenvalue weighted by Crippen LogP contribution is -2.50. The van der Waals surface area contributed by atoms with Crippen molar-refractivity contribution in [1.82, 2.24) is 0 Å². The van der Waals surface area contributed by atoms with Gasteiger partial charge in [-0.05, 0) is 38.5 Å². The molecule has 0 amide bonds. The Labute approximate surface area is 588 Å². The SMILES string of the molecule is CCCCCCCCCCCCCCOCCC(CCCCCCCCCCCCC)(OCCCCCCCCCCCCCC)OC(CCCCCCCCCCCCC)(CCOCCCCCCCCCCCCCC)OCCCCCCCCCCCCCC. The molecule has 0 saturated heterocycles. The smallest absolute Gasteiger partial charge is 0.173 e. The predicted molar refractivity (Wildman–Crippen MR) is 416 cm³/mol. The van der Waals surface area contributed by atoms with E-state index in [1.54, 1.807) is 0 Å². The Morgan fingerprint density at radius 1 is 0.140 bits per heavy atom. The first-order valence-electron chi connectivity index (χ1n) is 44.2. The van der Waals surface area contributed by atoms with Gasteiger partial charge < -0.3 is 23.7 Å². The van der Waals surface area contributed by atoms with Crippen molar-refractivity contribution in [2.45, 2.75) is 528 Å². The third-order valence-electron chi connectivity index (χ3n) is 21.0. The second-order valence-corrected chi connectivity index (χ2v) is 30.5. The lowest BCUT2D eigenvalue weighted by Gasteiger charge is -2.44. The van der Waals surface area contributed by atoms with E-state index >= 15 is 0 Å². The van der Waals surface area contributed by atoms with Crippen LogP contribution in [-0.2, 0) is 23.7 Å². The van der Waals surface area contributed by atoms with Gasteiger partial charge in [0, 0.05) is 38.9 Å². The fraction of sp³-hybridized carbons (Fsp3) is 1.00. The minimum Gasteiger partial charge on any atom is -0.381 e. The second-order valence-electron chi connectivity index (χ2n) is 30.5. The second kappa shape index (κ2) is 80.8. The summed E-state index contributed by atoms with van der Waals surface area (Å²) in [5, 5.41) is 0. The van der Waals surface area contributed by atoms with E-state index < -0.39 is 11.6 Å². The van der Waals surface area contributed by atoms with Crippen LogP contribution in [0.5, 0.6) is 0 Å². The standard InChI is InChI=1S/C88H178O5/c1-7-13-19-25-31-37-43-49-55-61-67-73-81-89-85-79-87(77-71-65-59-53-47-41-35-29-23-17-11-5,91-83-75-69-63-57-51-45-39-33-27-21-15-9-3)93-88(78-72-66-60-54-48-42-36-30-24-18-12-6,92-84-76-70-64-58-52-46-40-34-28-22-16-10-4)80-86-90-82-74-68-62-56-50-44-38-32-26-20-14-8-2/h7-86H2,1-6H3. The van der Waals surface area contributed by atoms with E-state index in [0.717, 1.165) is 90.6 Å². The van der Waals surface area contributed by atoms with Gasteiger partial charge in [0.15, 0.2) is 11.6 Å². The molecule has 0 aliphatic carbocycles. The normalized spacial score (nSPS) is 13.2. The summed E-state index contributed by atoms with van der Waals surface area (Å²) in [6, 6.07) is 0. The van der Waals surface area contributed by atoms with Gasteiger partial charge in [-0.2, -0.15) is 0 Å². The largest absolute Gasteiger partial charge is 0.381 e. The summed E-state index contributed by atoms with van der Waals surface area (Å²) in [4.78, 5) is 0. The van der Waals surface area contributed by atoms with Crippen molar-refractivity contribution in [3.63, 3.8) is 0 Å². The van der Waals surface area contributed by atoms with Crippen molar-refractivity contribution in [1.29, 1.82) is 0 Å². The molecule has 0 fully saturated rings. The highest BCUT2D eigenvalue weighted by Gasteiger charge is 2.43. The van der Waals surface area contributed by atoms with Crippen molar-refractivity contribution in [3.05, 3.63) is 0 Å². The Morgan fingerprint density at radius 2 is 0.290 bits per heavy atom. The van der Waals surface area contributed by atoms with E-state index in [0.29, 0.717) is 13.2 Å². The third kappa shape index (κ3) is 71.4. The number of rotatable bonds is 86. The minimum absolute atomic E-state index is 0.692. The Kier molecular flexibility index (Phi) is 80.6. The Hall–Kier alpha value is -0.200. The molecule has 0 N–H and O–H groups in total. The molecule has 5 heteroatoms. The van der Waals surface area contributed by atoms with Crippen LogP contribution in [0.4, 0.5) is 0 Å². The maximum Gasteiger partial charge on any atom is 0.173 e. The molecule has 0 bridgehead atoms. The number of hydrogen-bond donors (Lipinski definition) is 0. The van der Waals surface area contributed by atoms with Gasteiger partial charge in [0.1, 0.15) is 0 Å². The summed E-state index contributed by atoms with van der Waals surface area (Å²) < 4.78 is 36.6. The van der Waals surface area contributed by atoms with Gasteiger partial charge in [0.05, 0.1) is 26.4 Å². The molecule has 0 radical (unpaired) electrons. The number of ether oxygens (including phenoxy) is 5. The molecule has 2 unspecified atom stereocenters. The molecule has 0 heterocycles. The molecule has 0 aliphatic rings. The van der Waals surface area contributed by atoms with Gasteiger partial charge in [0.2, 0.25) is 0 Å². The van der Waals surface area contributed by atoms with Crippen LogP contribution in [0, 0.1) is 0 Å². The summed E-state index contributed by atoms with van der Waals surface area (Å²) in [7, 11) is 0. The van der Waals surface area contributed by atoms with E-state index in [1.165, 1.54) is 411 Å². The average molecular weight is 1320 g/mol. The molecule has 2 atom stereocenters. The summed E-state index contributed by atoms with van der Waals surface area (Å²) in [5.74, 6) is -1.48. The van der Waals surface area contributed by atoms with Crippen LogP contribution >= 0.6 is 0 Å². The highest BCUT2D eigenvalue weighted by molar-refractivity contribution is 4.81. The molecule has 0 aromatic carbocycles. The van der Waals surface area contributed by atoms with E-state index in [-0.39, 0.29) is 0 Å². The van der Waals surface area contributed by atoms with E-state index in [4.69, 9.17) is 23.7 Å². The summed E-state index contributed by atoms with van der Waals surface area (Å²) in [6.45, 7) is 18.6.